The SMILES string of the molecule is Cc1ccc(C(CNC(=O)CN(C)S(=O)(=O)c2ccccc2)N2CCOCC2)o1. The smallest absolute Gasteiger partial charge is 0.243 e. The number of sulfonamides is 1. The predicted molar refractivity (Wildman–Crippen MR) is 108 cm³/mol. The molecule has 1 aliphatic heterocycles. The Balaban J connectivity index is 1.62. The molecule has 0 saturated carbocycles. The molecular formula is C20H27N3O5S. The van der Waals surface area contributed by atoms with Gasteiger partial charge < -0.3 is 14.5 Å². The number of carbonyl (C=O) groups is 1. The molecule has 2 heterocycles. The topological polar surface area (TPSA) is 92.1 Å². The van der Waals surface area contributed by atoms with Crippen molar-refractivity contribution in [2.75, 3.05) is 46.4 Å². The van der Waals surface area contributed by atoms with Crippen molar-refractivity contribution in [1.82, 2.24) is 14.5 Å². The molecule has 1 N–H and O–H groups in total. The fourth-order valence-electron chi connectivity index (χ4n) is 3.26. The van der Waals surface area contributed by atoms with E-state index in [2.05, 4.69) is 10.2 Å². The number of morpholine rings is 1. The molecule has 1 aromatic heterocycles. The number of ether oxygens (including phenoxy) is 1. The molecule has 1 atom stereocenters. The first-order valence-electron chi connectivity index (χ1n) is 9.54. The van der Waals surface area contributed by atoms with Crippen molar-refractivity contribution >= 4 is 15.9 Å². The molecule has 1 fully saturated rings. The highest BCUT2D eigenvalue weighted by molar-refractivity contribution is 7.89. The van der Waals surface area contributed by atoms with E-state index in [1.54, 1.807) is 18.2 Å². The third-order valence-electron chi connectivity index (χ3n) is 4.89. The van der Waals surface area contributed by atoms with Gasteiger partial charge in [0.15, 0.2) is 0 Å². The molecule has 0 radical (unpaired) electrons. The van der Waals surface area contributed by atoms with Crippen LogP contribution < -0.4 is 5.32 Å². The number of amides is 1. The Morgan fingerprint density at radius 3 is 2.48 bits per heavy atom. The predicted octanol–water partition coefficient (Wildman–Crippen LogP) is 1.40. The number of carbonyl (C=O) groups excluding carboxylic acids is 1. The summed E-state index contributed by atoms with van der Waals surface area (Å²) in [6.45, 7) is 4.67. The van der Waals surface area contributed by atoms with E-state index in [-0.39, 0.29) is 23.4 Å². The van der Waals surface area contributed by atoms with Gasteiger partial charge >= 0.3 is 0 Å². The maximum Gasteiger partial charge on any atom is 0.243 e. The van der Waals surface area contributed by atoms with Crippen molar-refractivity contribution in [2.45, 2.75) is 17.9 Å². The van der Waals surface area contributed by atoms with Crippen molar-refractivity contribution in [3.63, 3.8) is 0 Å². The second kappa shape index (κ2) is 9.53. The van der Waals surface area contributed by atoms with Crippen molar-refractivity contribution in [3.8, 4) is 0 Å². The molecule has 158 valence electrons. The fourth-order valence-corrected chi connectivity index (χ4v) is 4.41. The molecular weight excluding hydrogens is 394 g/mol. The molecule has 1 saturated heterocycles. The average molecular weight is 422 g/mol. The van der Waals surface area contributed by atoms with Crippen molar-refractivity contribution in [1.29, 1.82) is 0 Å². The van der Waals surface area contributed by atoms with Gasteiger partial charge in [-0.1, -0.05) is 18.2 Å². The lowest BCUT2D eigenvalue weighted by atomic mass is 10.1. The molecule has 8 nitrogen and oxygen atoms in total. The zero-order valence-corrected chi connectivity index (χ0v) is 17.5. The Kier molecular flexibility index (Phi) is 7.07. The Morgan fingerprint density at radius 1 is 1.17 bits per heavy atom. The van der Waals surface area contributed by atoms with Gasteiger partial charge in [0.2, 0.25) is 15.9 Å². The lowest BCUT2D eigenvalue weighted by molar-refractivity contribution is -0.121. The molecule has 1 aromatic carbocycles. The lowest BCUT2D eigenvalue weighted by Gasteiger charge is -2.33. The molecule has 29 heavy (non-hydrogen) atoms. The largest absolute Gasteiger partial charge is 0.465 e. The molecule has 0 spiro atoms. The minimum atomic E-state index is -3.71. The third kappa shape index (κ3) is 5.45. The van der Waals surface area contributed by atoms with Crippen LogP contribution in [0.25, 0.3) is 0 Å². The van der Waals surface area contributed by atoms with Crippen molar-refractivity contribution in [3.05, 3.63) is 54.0 Å². The van der Waals surface area contributed by atoms with Crippen LogP contribution in [0.4, 0.5) is 0 Å². The Hall–Kier alpha value is -2.20. The fraction of sp³-hybridized carbons (Fsp3) is 0.450. The highest BCUT2D eigenvalue weighted by Gasteiger charge is 2.27. The van der Waals surface area contributed by atoms with Crippen LogP contribution in [0.15, 0.2) is 51.8 Å². The van der Waals surface area contributed by atoms with Gasteiger partial charge in [-0.15, -0.1) is 0 Å². The van der Waals surface area contributed by atoms with E-state index in [1.165, 1.54) is 19.2 Å². The molecule has 3 rings (SSSR count). The number of nitrogens with zero attached hydrogens (tertiary/aromatic N) is 2. The Morgan fingerprint density at radius 2 is 1.86 bits per heavy atom. The standard InChI is InChI=1S/C20H27N3O5S/c1-16-8-9-19(28-16)18(23-10-12-27-13-11-23)14-21-20(24)15-22(2)29(25,26)17-6-4-3-5-7-17/h3-9,18H,10-15H2,1-2H3,(H,21,24). The summed E-state index contributed by atoms with van der Waals surface area (Å²) in [5.74, 6) is 1.21. The number of rotatable bonds is 8. The highest BCUT2D eigenvalue weighted by Crippen LogP contribution is 2.23. The first-order chi connectivity index (χ1) is 13.9. The van der Waals surface area contributed by atoms with Crippen LogP contribution in [-0.4, -0.2) is 70.0 Å². The minimum Gasteiger partial charge on any atom is -0.465 e. The van der Waals surface area contributed by atoms with E-state index >= 15 is 0 Å². The molecule has 1 amide bonds. The van der Waals surface area contributed by atoms with Gasteiger partial charge in [-0.05, 0) is 31.2 Å². The van der Waals surface area contributed by atoms with Gasteiger partial charge in [0, 0.05) is 26.7 Å². The van der Waals surface area contributed by atoms with Gasteiger partial charge in [-0.2, -0.15) is 4.31 Å². The van der Waals surface area contributed by atoms with E-state index in [4.69, 9.17) is 9.15 Å². The summed E-state index contributed by atoms with van der Waals surface area (Å²) in [5, 5.41) is 2.85. The van der Waals surface area contributed by atoms with Crippen LogP contribution in [0.3, 0.4) is 0 Å². The van der Waals surface area contributed by atoms with Crippen LogP contribution in [0.5, 0.6) is 0 Å². The van der Waals surface area contributed by atoms with E-state index in [0.717, 1.165) is 28.9 Å². The van der Waals surface area contributed by atoms with Gasteiger partial charge in [0.1, 0.15) is 11.5 Å². The molecule has 2 aromatic rings. The Labute approximate surface area is 171 Å². The number of hydrogen-bond donors (Lipinski definition) is 1. The summed E-state index contributed by atoms with van der Waals surface area (Å²) < 4.78 is 37.4. The molecule has 1 aliphatic rings. The van der Waals surface area contributed by atoms with E-state index in [1.807, 2.05) is 19.1 Å². The highest BCUT2D eigenvalue weighted by atomic mass is 32.2. The van der Waals surface area contributed by atoms with Crippen LogP contribution in [0.2, 0.25) is 0 Å². The van der Waals surface area contributed by atoms with Gasteiger partial charge in [-0.3, -0.25) is 9.69 Å². The zero-order valence-electron chi connectivity index (χ0n) is 16.7. The maximum atomic E-state index is 12.6. The zero-order chi connectivity index (χ0) is 20.9. The molecule has 0 aliphatic carbocycles. The second-order valence-electron chi connectivity index (χ2n) is 6.99. The van der Waals surface area contributed by atoms with Gasteiger partial charge in [0.05, 0.1) is 30.7 Å². The van der Waals surface area contributed by atoms with Crippen LogP contribution in [0, 0.1) is 6.92 Å². The summed E-state index contributed by atoms with van der Waals surface area (Å²) in [6, 6.07) is 11.7. The number of benzene rings is 1. The van der Waals surface area contributed by atoms with Gasteiger partial charge in [0.25, 0.3) is 0 Å². The summed E-state index contributed by atoms with van der Waals surface area (Å²) in [6.07, 6.45) is 0. The number of nitrogens with one attached hydrogen (secondary N) is 1. The first-order valence-corrected chi connectivity index (χ1v) is 11.0. The summed E-state index contributed by atoms with van der Waals surface area (Å²) in [7, 11) is -2.31. The van der Waals surface area contributed by atoms with Crippen molar-refractivity contribution in [2.24, 2.45) is 0 Å². The monoisotopic (exact) mass is 421 g/mol. The maximum absolute atomic E-state index is 12.6. The van der Waals surface area contributed by atoms with Crippen LogP contribution in [-0.2, 0) is 19.6 Å². The van der Waals surface area contributed by atoms with E-state index < -0.39 is 10.0 Å². The lowest BCUT2D eigenvalue weighted by Crippen LogP contribution is -2.45. The summed E-state index contributed by atoms with van der Waals surface area (Å²) in [4.78, 5) is 14.8. The second-order valence-corrected chi connectivity index (χ2v) is 9.04. The summed E-state index contributed by atoms with van der Waals surface area (Å²) >= 11 is 0. The van der Waals surface area contributed by atoms with E-state index in [0.29, 0.717) is 19.8 Å². The first kappa shape index (κ1) is 21.5. The number of hydrogen-bond acceptors (Lipinski definition) is 6. The minimum absolute atomic E-state index is 0.132. The third-order valence-corrected chi connectivity index (χ3v) is 6.70. The molecule has 9 heteroatoms. The van der Waals surface area contributed by atoms with E-state index in [9.17, 15) is 13.2 Å². The van der Waals surface area contributed by atoms with Gasteiger partial charge in [-0.25, -0.2) is 8.42 Å². The normalized spacial score (nSPS) is 16.7. The van der Waals surface area contributed by atoms with Crippen LogP contribution in [0.1, 0.15) is 17.6 Å². The quantitative estimate of drug-likeness (QED) is 0.693. The number of likely N-dealkylation sites (N-methyl/N-ethyl adjacent to an activating group) is 1. The van der Waals surface area contributed by atoms with Crippen molar-refractivity contribution < 1.29 is 22.4 Å². The summed E-state index contributed by atoms with van der Waals surface area (Å²) in [5.41, 5.74) is 0. The average Bonchev–Trinajstić information content (AvgIpc) is 3.15. The Bertz CT molecular complexity index is 907. The number of aryl methyl sites for hydroxylation is 1. The molecule has 0 bridgehead atoms. The number of furan rings is 1. The van der Waals surface area contributed by atoms with Crippen LogP contribution >= 0.6 is 0 Å². The molecule has 1 unspecified atom stereocenters.